The fourth-order valence-electron chi connectivity index (χ4n) is 1.32. The van der Waals surface area contributed by atoms with Crippen LogP contribution in [0.5, 0.6) is 5.75 Å². The van der Waals surface area contributed by atoms with Gasteiger partial charge in [0.25, 0.3) is 0 Å². The second-order valence-corrected chi connectivity index (χ2v) is 3.49. The molecule has 0 saturated heterocycles. The Labute approximate surface area is 101 Å². The summed E-state index contributed by atoms with van der Waals surface area (Å²) in [7, 11) is 1.30. The summed E-state index contributed by atoms with van der Waals surface area (Å²) in [6.07, 6.45) is -3.05. The molecule has 6 heteroatoms. The molecular weight excluding hydrogens is 249 g/mol. The van der Waals surface area contributed by atoms with Crippen molar-refractivity contribution in [1.29, 1.82) is 0 Å². The van der Waals surface area contributed by atoms with Crippen molar-refractivity contribution in [3.8, 4) is 5.75 Å². The van der Waals surface area contributed by atoms with Crippen LogP contribution >= 0.6 is 0 Å². The molecule has 0 aliphatic rings. The summed E-state index contributed by atoms with van der Waals surface area (Å²) in [4.78, 5) is 10.8. The topological polar surface area (TPSA) is 46.5 Å². The highest BCUT2D eigenvalue weighted by atomic mass is 19.4. The molecule has 1 aromatic rings. The number of rotatable bonds is 4. The van der Waals surface area contributed by atoms with Crippen LogP contribution in [0.2, 0.25) is 0 Å². The van der Waals surface area contributed by atoms with Crippen LogP contribution in [0, 0.1) is 0 Å². The van der Waals surface area contributed by atoms with E-state index in [0.29, 0.717) is 5.56 Å². The van der Waals surface area contributed by atoms with E-state index in [-0.39, 0.29) is 11.3 Å². The highest BCUT2D eigenvalue weighted by Crippen LogP contribution is 2.23. The SMILES string of the molecule is COc1cc(C=CCC(F)(F)F)ccc1C(=O)O. The summed E-state index contributed by atoms with van der Waals surface area (Å²) in [6.45, 7) is 0. The molecule has 1 N–H and O–H groups in total. The van der Waals surface area contributed by atoms with Crippen LogP contribution in [-0.4, -0.2) is 24.4 Å². The first-order valence-corrected chi connectivity index (χ1v) is 4.98. The number of hydrogen-bond donors (Lipinski definition) is 1. The third-order valence-electron chi connectivity index (χ3n) is 2.12. The number of carboxylic acids is 1. The van der Waals surface area contributed by atoms with Crippen molar-refractivity contribution in [1.82, 2.24) is 0 Å². The molecule has 0 atom stereocenters. The van der Waals surface area contributed by atoms with Crippen molar-refractivity contribution in [3.63, 3.8) is 0 Å². The molecule has 0 amide bonds. The molecule has 0 saturated carbocycles. The van der Waals surface area contributed by atoms with Crippen LogP contribution in [0.15, 0.2) is 24.3 Å². The lowest BCUT2D eigenvalue weighted by molar-refractivity contribution is -0.124. The monoisotopic (exact) mass is 260 g/mol. The third kappa shape index (κ3) is 4.12. The van der Waals surface area contributed by atoms with Crippen LogP contribution in [0.4, 0.5) is 13.2 Å². The van der Waals surface area contributed by atoms with Gasteiger partial charge in [0, 0.05) is 0 Å². The van der Waals surface area contributed by atoms with E-state index in [9.17, 15) is 18.0 Å². The predicted octanol–water partition coefficient (Wildman–Crippen LogP) is 3.36. The van der Waals surface area contributed by atoms with Crippen molar-refractivity contribution in [3.05, 3.63) is 35.4 Å². The molecule has 1 aromatic carbocycles. The lowest BCUT2D eigenvalue weighted by Gasteiger charge is -2.05. The maximum Gasteiger partial charge on any atom is 0.392 e. The Bertz CT molecular complexity index is 464. The van der Waals surface area contributed by atoms with Crippen molar-refractivity contribution in [2.45, 2.75) is 12.6 Å². The summed E-state index contributed by atoms with van der Waals surface area (Å²) in [5, 5.41) is 8.82. The molecule has 0 aliphatic carbocycles. The zero-order chi connectivity index (χ0) is 13.8. The number of aromatic carboxylic acids is 1. The summed E-state index contributed by atoms with van der Waals surface area (Å²) in [5.74, 6) is -1.05. The van der Waals surface area contributed by atoms with Gasteiger partial charge >= 0.3 is 12.1 Å². The largest absolute Gasteiger partial charge is 0.496 e. The quantitative estimate of drug-likeness (QED) is 0.902. The van der Waals surface area contributed by atoms with Crippen molar-refractivity contribution >= 4 is 12.0 Å². The van der Waals surface area contributed by atoms with Gasteiger partial charge in [0.05, 0.1) is 13.5 Å². The van der Waals surface area contributed by atoms with Crippen LogP contribution in [-0.2, 0) is 0 Å². The van der Waals surface area contributed by atoms with Crippen LogP contribution < -0.4 is 4.74 Å². The number of methoxy groups -OCH3 is 1. The predicted molar refractivity (Wildman–Crippen MR) is 59.7 cm³/mol. The van der Waals surface area contributed by atoms with E-state index >= 15 is 0 Å². The number of carbonyl (C=O) groups is 1. The Morgan fingerprint density at radius 3 is 2.61 bits per heavy atom. The van der Waals surface area contributed by atoms with Crippen molar-refractivity contribution in [2.75, 3.05) is 7.11 Å². The number of carboxylic acid groups (broad SMARTS) is 1. The van der Waals surface area contributed by atoms with Crippen LogP contribution in [0.1, 0.15) is 22.3 Å². The molecule has 0 radical (unpaired) electrons. The van der Waals surface area contributed by atoms with Gasteiger partial charge in [0.15, 0.2) is 0 Å². The zero-order valence-corrected chi connectivity index (χ0v) is 9.49. The van der Waals surface area contributed by atoms with Gasteiger partial charge in [-0.3, -0.25) is 0 Å². The van der Waals surface area contributed by atoms with Gasteiger partial charge in [-0.25, -0.2) is 4.79 Å². The molecule has 1 rings (SSSR count). The van der Waals surface area contributed by atoms with Gasteiger partial charge in [-0.15, -0.1) is 0 Å². The van der Waals surface area contributed by atoms with Gasteiger partial charge in [-0.05, 0) is 17.7 Å². The van der Waals surface area contributed by atoms with E-state index in [1.54, 1.807) is 0 Å². The van der Waals surface area contributed by atoms with Crippen molar-refractivity contribution < 1.29 is 27.8 Å². The van der Waals surface area contributed by atoms with E-state index in [0.717, 1.165) is 6.08 Å². The Morgan fingerprint density at radius 1 is 1.44 bits per heavy atom. The number of benzene rings is 1. The highest BCUT2D eigenvalue weighted by Gasteiger charge is 2.24. The van der Waals surface area contributed by atoms with E-state index < -0.39 is 18.6 Å². The molecule has 0 fully saturated rings. The number of halogens is 3. The number of allylic oxidation sites excluding steroid dienone is 1. The Balaban J connectivity index is 2.89. The van der Waals surface area contributed by atoms with Crippen LogP contribution in [0.25, 0.3) is 6.08 Å². The van der Waals surface area contributed by atoms with Gasteiger partial charge in [0.1, 0.15) is 11.3 Å². The average molecular weight is 260 g/mol. The normalized spacial score (nSPS) is 11.8. The second-order valence-electron chi connectivity index (χ2n) is 3.49. The number of ether oxygens (including phenoxy) is 1. The van der Waals surface area contributed by atoms with E-state index in [2.05, 4.69) is 0 Å². The molecule has 0 bridgehead atoms. The second kappa shape index (κ2) is 5.57. The van der Waals surface area contributed by atoms with E-state index in [1.165, 1.54) is 31.4 Å². The third-order valence-corrected chi connectivity index (χ3v) is 2.12. The molecule has 3 nitrogen and oxygen atoms in total. The molecular formula is C12H11F3O3. The maximum absolute atomic E-state index is 11.9. The minimum atomic E-state index is -4.25. The molecule has 0 aromatic heterocycles. The van der Waals surface area contributed by atoms with E-state index in [4.69, 9.17) is 9.84 Å². The average Bonchev–Trinajstić information content (AvgIpc) is 2.26. The highest BCUT2D eigenvalue weighted by molar-refractivity contribution is 5.91. The maximum atomic E-state index is 11.9. The molecule has 18 heavy (non-hydrogen) atoms. The molecule has 0 heterocycles. The van der Waals surface area contributed by atoms with Crippen LogP contribution in [0.3, 0.4) is 0 Å². The molecule has 0 aliphatic heterocycles. The molecule has 0 unspecified atom stereocenters. The number of alkyl halides is 3. The lowest BCUT2D eigenvalue weighted by atomic mass is 10.1. The van der Waals surface area contributed by atoms with Gasteiger partial charge in [-0.2, -0.15) is 13.2 Å². The first-order valence-electron chi connectivity index (χ1n) is 4.98. The Kier molecular flexibility index (Phi) is 4.36. The Hall–Kier alpha value is -1.98. The zero-order valence-electron chi connectivity index (χ0n) is 9.49. The first kappa shape index (κ1) is 14.1. The fourth-order valence-corrected chi connectivity index (χ4v) is 1.32. The standard InChI is InChI=1S/C12H11F3O3/c1-18-10-7-8(3-2-6-12(13,14)15)4-5-9(10)11(16)17/h2-5,7H,6H2,1H3,(H,16,17). The minimum absolute atomic E-state index is 0.0366. The van der Waals surface area contributed by atoms with Gasteiger partial charge in [-0.1, -0.05) is 18.2 Å². The van der Waals surface area contributed by atoms with E-state index in [1.807, 2.05) is 0 Å². The smallest absolute Gasteiger partial charge is 0.392 e. The summed E-state index contributed by atoms with van der Waals surface area (Å²) in [5.41, 5.74) is 0.409. The lowest BCUT2D eigenvalue weighted by Crippen LogP contribution is -2.04. The summed E-state index contributed by atoms with van der Waals surface area (Å²) >= 11 is 0. The first-order chi connectivity index (χ1) is 8.33. The van der Waals surface area contributed by atoms with Gasteiger partial charge < -0.3 is 9.84 Å². The van der Waals surface area contributed by atoms with Crippen molar-refractivity contribution in [2.24, 2.45) is 0 Å². The van der Waals surface area contributed by atoms with Gasteiger partial charge in [0.2, 0.25) is 0 Å². The minimum Gasteiger partial charge on any atom is -0.496 e. The fraction of sp³-hybridized carbons (Fsp3) is 0.250. The summed E-state index contributed by atoms with van der Waals surface area (Å²) < 4.78 is 40.6. The molecule has 98 valence electrons. The molecule has 0 spiro atoms. The number of hydrogen-bond acceptors (Lipinski definition) is 2. The Morgan fingerprint density at radius 2 is 2.11 bits per heavy atom. The summed E-state index contributed by atoms with van der Waals surface area (Å²) in [6, 6.07) is 4.07.